The van der Waals surface area contributed by atoms with Crippen LogP contribution < -0.4 is 4.90 Å². The highest BCUT2D eigenvalue weighted by Crippen LogP contribution is 2.21. The van der Waals surface area contributed by atoms with Gasteiger partial charge < -0.3 is 14.2 Å². The molecule has 0 atom stereocenters. The van der Waals surface area contributed by atoms with Crippen LogP contribution in [0.4, 0.5) is 14.7 Å². The Morgan fingerprint density at radius 1 is 1.07 bits per heavy atom. The maximum absolute atomic E-state index is 13.8. The lowest BCUT2D eigenvalue weighted by atomic mass is 10.1. The zero-order chi connectivity index (χ0) is 18.8. The van der Waals surface area contributed by atoms with Crippen LogP contribution in [-0.4, -0.2) is 47.0 Å². The molecule has 1 aliphatic rings. The van der Waals surface area contributed by atoms with Crippen molar-refractivity contribution in [2.75, 3.05) is 31.1 Å². The number of hydrogen-bond donors (Lipinski definition) is 0. The van der Waals surface area contributed by atoms with Crippen molar-refractivity contribution in [3.8, 4) is 11.5 Å². The summed E-state index contributed by atoms with van der Waals surface area (Å²) < 4.78 is 32.5. The van der Waals surface area contributed by atoms with E-state index in [2.05, 4.69) is 9.97 Å². The number of carbonyl (C=O) groups excluding carboxylic acids is 1. The molecule has 1 fully saturated rings. The zero-order valence-electron chi connectivity index (χ0n) is 14.3. The van der Waals surface area contributed by atoms with Gasteiger partial charge in [-0.1, -0.05) is 0 Å². The van der Waals surface area contributed by atoms with Crippen molar-refractivity contribution in [2.24, 2.45) is 0 Å². The summed E-state index contributed by atoms with van der Waals surface area (Å²) in [6, 6.07) is 8.25. The zero-order valence-corrected chi connectivity index (χ0v) is 14.3. The molecule has 3 heterocycles. The van der Waals surface area contributed by atoms with E-state index in [1.165, 1.54) is 4.90 Å². The van der Waals surface area contributed by atoms with Gasteiger partial charge >= 0.3 is 0 Å². The fourth-order valence-electron chi connectivity index (χ4n) is 3.00. The van der Waals surface area contributed by atoms with Crippen LogP contribution in [0.25, 0.3) is 11.5 Å². The van der Waals surface area contributed by atoms with Crippen LogP contribution in [0.3, 0.4) is 0 Å². The first kappa shape index (κ1) is 17.1. The van der Waals surface area contributed by atoms with Crippen molar-refractivity contribution in [1.29, 1.82) is 0 Å². The lowest BCUT2D eigenvalue weighted by Gasteiger charge is -2.34. The molecular formula is C19H16F2N4O2. The molecule has 1 aliphatic heterocycles. The molecule has 4 rings (SSSR count). The molecule has 2 aromatic heterocycles. The first-order chi connectivity index (χ1) is 13.1. The standard InChI is InChI=1S/C19H16F2N4O2/c20-13-3-4-15(21)14(12-13)18(26)24-7-9-25(10-8-24)19-22-6-5-16(23-19)17-2-1-11-27-17/h1-6,11-12H,7-10H2. The number of furan rings is 1. The van der Waals surface area contributed by atoms with Crippen molar-refractivity contribution in [3.05, 3.63) is 66.1 Å². The van der Waals surface area contributed by atoms with Crippen LogP contribution in [0.5, 0.6) is 0 Å². The summed E-state index contributed by atoms with van der Waals surface area (Å²) in [5, 5.41) is 0. The van der Waals surface area contributed by atoms with Crippen LogP contribution in [0, 0.1) is 11.6 Å². The Morgan fingerprint density at radius 3 is 2.63 bits per heavy atom. The molecule has 0 spiro atoms. The number of benzene rings is 1. The number of piperazine rings is 1. The molecule has 1 amide bonds. The Balaban J connectivity index is 1.45. The summed E-state index contributed by atoms with van der Waals surface area (Å²) in [5.41, 5.74) is 0.421. The van der Waals surface area contributed by atoms with E-state index in [4.69, 9.17) is 4.42 Å². The smallest absolute Gasteiger partial charge is 0.257 e. The Kier molecular flexibility index (Phi) is 4.53. The molecule has 0 N–H and O–H groups in total. The van der Waals surface area contributed by atoms with Crippen LogP contribution in [-0.2, 0) is 0 Å². The molecule has 1 aromatic carbocycles. The fourth-order valence-corrected chi connectivity index (χ4v) is 3.00. The Hall–Kier alpha value is -3.29. The number of amides is 1. The quantitative estimate of drug-likeness (QED) is 0.709. The fraction of sp³-hybridized carbons (Fsp3) is 0.211. The molecular weight excluding hydrogens is 354 g/mol. The topological polar surface area (TPSA) is 62.5 Å². The largest absolute Gasteiger partial charge is 0.463 e. The lowest BCUT2D eigenvalue weighted by molar-refractivity contribution is 0.0741. The Morgan fingerprint density at radius 2 is 1.89 bits per heavy atom. The van der Waals surface area contributed by atoms with Gasteiger partial charge in [-0.05, 0) is 36.4 Å². The van der Waals surface area contributed by atoms with Gasteiger partial charge in [-0.2, -0.15) is 0 Å². The minimum atomic E-state index is -0.724. The van der Waals surface area contributed by atoms with E-state index in [-0.39, 0.29) is 5.56 Å². The predicted molar refractivity (Wildman–Crippen MR) is 94.2 cm³/mol. The van der Waals surface area contributed by atoms with Gasteiger partial charge in [0.25, 0.3) is 5.91 Å². The highest BCUT2D eigenvalue weighted by molar-refractivity contribution is 5.94. The van der Waals surface area contributed by atoms with Crippen LogP contribution in [0.15, 0.2) is 53.3 Å². The highest BCUT2D eigenvalue weighted by atomic mass is 19.1. The SMILES string of the molecule is O=C(c1cc(F)ccc1F)N1CCN(c2nccc(-c3ccco3)n2)CC1. The first-order valence-corrected chi connectivity index (χ1v) is 8.48. The summed E-state index contributed by atoms with van der Waals surface area (Å²) in [6.07, 6.45) is 3.23. The van der Waals surface area contributed by atoms with Crippen molar-refractivity contribution >= 4 is 11.9 Å². The van der Waals surface area contributed by atoms with Gasteiger partial charge in [-0.15, -0.1) is 0 Å². The summed E-state index contributed by atoms with van der Waals surface area (Å²) >= 11 is 0. The second-order valence-electron chi connectivity index (χ2n) is 6.12. The van der Waals surface area contributed by atoms with E-state index < -0.39 is 17.5 Å². The predicted octanol–water partition coefficient (Wildman–Crippen LogP) is 2.98. The number of hydrogen-bond acceptors (Lipinski definition) is 5. The second kappa shape index (κ2) is 7.14. The van der Waals surface area contributed by atoms with E-state index in [0.29, 0.717) is 43.6 Å². The second-order valence-corrected chi connectivity index (χ2v) is 6.12. The van der Waals surface area contributed by atoms with Gasteiger partial charge in [0.1, 0.15) is 17.3 Å². The number of aromatic nitrogens is 2. The summed E-state index contributed by atoms with van der Waals surface area (Å²) in [4.78, 5) is 24.7. The molecule has 0 saturated carbocycles. The minimum absolute atomic E-state index is 0.250. The number of nitrogens with zero attached hydrogens (tertiary/aromatic N) is 4. The summed E-state index contributed by atoms with van der Waals surface area (Å²) in [7, 11) is 0. The minimum Gasteiger partial charge on any atom is -0.463 e. The summed E-state index contributed by atoms with van der Waals surface area (Å²) in [6.45, 7) is 1.71. The maximum atomic E-state index is 13.8. The number of rotatable bonds is 3. The third-order valence-corrected chi connectivity index (χ3v) is 4.43. The summed E-state index contributed by atoms with van der Waals surface area (Å²) in [5.74, 6) is -0.696. The Labute approximate surface area is 154 Å². The molecule has 1 saturated heterocycles. The van der Waals surface area contributed by atoms with Crippen LogP contribution in [0.2, 0.25) is 0 Å². The van der Waals surface area contributed by atoms with Gasteiger partial charge in [0.2, 0.25) is 5.95 Å². The number of halogens is 2. The molecule has 0 bridgehead atoms. The van der Waals surface area contributed by atoms with Crippen LogP contribution >= 0.6 is 0 Å². The average molecular weight is 370 g/mol. The monoisotopic (exact) mass is 370 g/mol. The molecule has 27 heavy (non-hydrogen) atoms. The third-order valence-electron chi connectivity index (χ3n) is 4.43. The van der Waals surface area contributed by atoms with Gasteiger partial charge in [-0.25, -0.2) is 18.7 Å². The van der Waals surface area contributed by atoms with E-state index in [0.717, 1.165) is 18.2 Å². The molecule has 0 aliphatic carbocycles. The van der Waals surface area contributed by atoms with E-state index in [9.17, 15) is 13.6 Å². The molecule has 8 heteroatoms. The Bertz CT molecular complexity index is 954. The van der Waals surface area contributed by atoms with Gasteiger partial charge in [-0.3, -0.25) is 4.79 Å². The first-order valence-electron chi connectivity index (χ1n) is 8.48. The van der Waals surface area contributed by atoms with Crippen molar-refractivity contribution in [1.82, 2.24) is 14.9 Å². The van der Waals surface area contributed by atoms with Gasteiger partial charge in [0.05, 0.1) is 11.8 Å². The van der Waals surface area contributed by atoms with E-state index >= 15 is 0 Å². The third kappa shape index (κ3) is 3.51. The van der Waals surface area contributed by atoms with Crippen molar-refractivity contribution in [2.45, 2.75) is 0 Å². The molecule has 138 valence electrons. The molecule has 6 nitrogen and oxygen atoms in total. The average Bonchev–Trinajstić information content (AvgIpc) is 3.24. The van der Waals surface area contributed by atoms with Gasteiger partial charge in [0.15, 0.2) is 5.76 Å². The molecule has 3 aromatic rings. The van der Waals surface area contributed by atoms with E-state index in [1.54, 1.807) is 24.6 Å². The highest BCUT2D eigenvalue weighted by Gasteiger charge is 2.25. The lowest BCUT2D eigenvalue weighted by Crippen LogP contribution is -2.49. The number of anilines is 1. The molecule has 0 unspecified atom stereocenters. The normalized spacial score (nSPS) is 14.4. The van der Waals surface area contributed by atoms with Crippen LogP contribution in [0.1, 0.15) is 10.4 Å². The van der Waals surface area contributed by atoms with Crippen molar-refractivity contribution < 1.29 is 18.0 Å². The maximum Gasteiger partial charge on any atom is 0.257 e. The van der Waals surface area contributed by atoms with Crippen molar-refractivity contribution in [3.63, 3.8) is 0 Å². The van der Waals surface area contributed by atoms with E-state index in [1.807, 2.05) is 11.0 Å². The molecule has 0 radical (unpaired) electrons. The van der Waals surface area contributed by atoms with Gasteiger partial charge in [0, 0.05) is 32.4 Å². The number of carbonyl (C=O) groups is 1.